The molecule has 0 spiro atoms. The largest absolute Gasteiger partial charge is 1.00 e. The summed E-state index contributed by atoms with van der Waals surface area (Å²) in [5.41, 5.74) is 4.69. The average Bonchev–Trinajstić information content (AvgIpc) is 3.12. The number of carbonyl (C=O) groups is 3. The van der Waals surface area contributed by atoms with Crippen molar-refractivity contribution in [3.05, 3.63) is 11.1 Å². The summed E-state index contributed by atoms with van der Waals surface area (Å²) in [6.45, 7) is 5.34. The van der Waals surface area contributed by atoms with Crippen molar-refractivity contribution >= 4 is 62.2 Å². The molecule has 0 radical (unpaired) electrons. The number of alkyl carbamates (subject to hydrolysis) is 1. The first kappa shape index (κ1) is 32.0. The van der Waals surface area contributed by atoms with Crippen LogP contribution < -0.4 is 67.8 Å². The molecule has 1 aliphatic rings. The van der Waals surface area contributed by atoms with Crippen LogP contribution in [0.1, 0.15) is 25.6 Å². The monoisotopic (exact) mass is 576 g/mol. The summed E-state index contributed by atoms with van der Waals surface area (Å²) in [4.78, 5) is 45.5. The maximum absolute atomic E-state index is 12.7. The van der Waals surface area contributed by atoms with Crippen LogP contribution in [0.2, 0.25) is 0 Å². The second kappa shape index (κ2) is 13.5. The molecule has 0 bridgehead atoms. The fourth-order valence-corrected chi connectivity index (χ4v) is 5.37. The van der Waals surface area contributed by atoms with Gasteiger partial charge in [-0.25, -0.2) is 22.5 Å². The van der Waals surface area contributed by atoms with Crippen molar-refractivity contribution in [1.82, 2.24) is 19.9 Å². The number of ether oxygens (including phenoxy) is 1. The van der Waals surface area contributed by atoms with E-state index < -0.39 is 45.9 Å². The van der Waals surface area contributed by atoms with E-state index in [0.717, 1.165) is 11.3 Å². The predicted octanol–water partition coefficient (Wildman–Crippen LogP) is -3.51. The molecule has 4 N–H and O–H groups in total. The maximum atomic E-state index is 12.7. The van der Waals surface area contributed by atoms with Crippen molar-refractivity contribution in [2.45, 2.75) is 38.5 Å². The molecule has 3 amide bonds. The zero-order chi connectivity index (χ0) is 25.7. The number of oxime groups is 1. The first-order valence-electron chi connectivity index (χ1n) is 9.72. The third-order valence-corrected chi connectivity index (χ3v) is 6.89. The van der Waals surface area contributed by atoms with Gasteiger partial charge in [0.1, 0.15) is 18.8 Å². The van der Waals surface area contributed by atoms with Crippen LogP contribution in [0, 0.1) is 0 Å². The number of β-lactam (4-membered cyclic amide) rings is 1. The van der Waals surface area contributed by atoms with Gasteiger partial charge >= 0.3 is 57.5 Å². The van der Waals surface area contributed by atoms with E-state index in [9.17, 15) is 27.4 Å². The Bertz CT molecular complexity index is 1060. The Labute approximate surface area is 253 Å². The summed E-state index contributed by atoms with van der Waals surface area (Å²) < 4.78 is 39.9. The number of thiazole rings is 1. The number of nitrogens with two attached hydrogens (primary N) is 1. The number of rotatable bonds is 10. The Morgan fingerprint density at radius 1 is 1.40 bits per heavy atom. The minimum absolute atomic E-state index is 0. The molecule has 2 unspecified atom stereocenters. The van der Waals surface area contributed by atoms with E-state index in [1.807, 2.05) is 0 Å². The van der Waals surface area contributed by atoms with E-state index in [-0.39, 0.29) is 83.7 Å². The number of aromatic nitrogens is 1. The Hall–Kier alpha value is -0.994. The van der Waals surface area contributed by atoms with Crippen LogP contribution in [0.4, 0.5) is 9.93 Å². The van der Waals surface area contributed by atoms with Gasteiger partial charge in [0.25, 0.3) is 11.8 Å². The molecule has 1 saturated heterocycles. The summed E-state index contributed by atoms with van der Waals surface area (Å²) in [6.07, 6.45) is 0.675. The van der Waals surface area contributed by atoms with E-state index in [1.165, 1.54) is 25.1 Å². The van der Waals surface area contributed by atoms with Crippen LogP contribution in [0.3, 0.4) is 0 Å². The summed E-state index contributed by atoms with van der Waals surface area (Å²) in [7, 11) is -3.88. The summed E-state index contributed by atoms with van der Waals surface area (Å²) in [6, 6.07) is -2.41. The van der Waals surface area contributed by atoms with Crippen molar-refractivity contribution in [2.75, 3.05) is 30.9 Å². The molecule has 1 aromatic rings. The minimum atomic E-state index is -5.09. The number of anilines is 1. The molecule has 1 aliphatic heterocycles. The summed E-state index contributed by atoms with van der Waals surface area (Å²) in [5.74, 6) is -1.58. The smallest absolute Gasteiger partial charge is 0.731 e. The Morgan fingerprint density at radius 3 is 2.57 bits per heavy atom. The Morgan fingerprint density at radius 2 is 2.06 bits per heavy atom. The van der Waals surface area contributed by atoms with E-state index in [2.05, 4.69) is 25.6 Å². The molecule has 0 saturated carbocycles. The van der Waals surface area contributed by atoms with Gasteiger partial charge in [0, 0.05) is 24.2 Å². The third-order valence-electron chi connectivity index (χ3n) is 4.05. The van der Waals surface area contributed by atoms with Gasteiger partial charge in [-0.1, -0.05) is 16.5 Å². The number of nitrogen functional groups attached to an aromatic ring is 1. The quantitative estimate of drug-likeness (QED) is 0.0622. The van der Waals surface area contributed by atoms with Crippen molar-refractivity contribution in [3.8, 4) is 0 Å². The van der Waals surface area contributed by atoms with Crippen molar-refractivity contribution < 1.29 is 88.3 Å². The number of carbonyl (C=O) groups excluding carboxylic acids is 3. The molecular formula is C17H25KN6O8S3. The summed E-state index contributed by atoms with van der Waals surface area (Å²) in [5, 5.41) is 8.71. The van der Waals surface area contributed by atoms with Crippen molar-refractivity contribution in [3.63, 3.8) is 0 Å². The zero-order valence-electron chi connectivity index (χ0n) is 19.8. The van der Waals surface area contributed by atoms with Gasteiger partial charge in [-0.2, -0.15) is 11.8 Å². The zero-order valence-corrected chi connectivity index (χ0v) is 25.3. The first-order valence-corrected chi connectivity index (χ1v) is 13.1. The Balaban J connectivity index is 0.00000612. The van der Waals surface area contributed by atoms with Crippen LogP contribution >= 0.6 is 23.1 Å². The summed E-state index contributed by atoms with van der Waals surface area (Å²) >= 11 is 2.12. The van der Waals surface area contributed by atoms with Gasteiger partial charge in [0.15, 0.2) is 21.1 Å². The van der Waals surface area contributed by atoms with Gasteiger partial charge in [0.05, 0.1) is 10.9 Å². The molecule has 2 heterocycles. The van der Waals surface area contributed by atoms with Crippen molar-refractivity contribution in [2.24, 2.45) is 5.16 Å². The SMILES string of the molecule is CO/N=C(\C(=O)NC1C(=O)N(S(=O)(=O)[O-])C1CSCCNC(=O)OC(C)(C)C)c1cnc(N)s1.[K+]. The normalized spacial score (nSPS) is 18.3. The van der Waals surface area contributed by atoms with Crippen LogP contribution in [0.25, 0.3) is 0 Å². The van der Waals surface area contributed by atoms with Crippen LogP contribution in [-0.4, -0.2) is 88.7 Å². The van der Waals surface area contributed by atoms with Gasteiger partial charge in [-0.3, -0.25) is 9.59 Å². The number of amides is 3. The maximum Gasteiger partial charge on any atom is 1.00 e. The van der Waals surface area contributed by atoms with Crippen LogP contribution in [-0.2, 0) is 29.5 Å². The van der Waals surface area contributed by atoms with E-state index in [0.29, 0.717) is 5.75 Å². The Kier molecular flexibility index (Phi) is 12.4. The molecule has 0 aromatic carbocycles. The molecular weight excluding hydrogens is 552 g/mol. The second-order valence-corrected chi connectivity index (χ2v) is 11.3. The first-order chi connectivity index (χ1) is 15.7. The van der Waals surface area contributed by atoms with Crippen LogP contribution in [0.15, 0.2) is 11.4 Å². The number of hydrogen-bond donors (Lipinski definition) is 3. The second-order valence-electron chi connectivity index (χ2n) is 7.80. The van der Waals surface area contributed by atoms with Crippen molar-refractivity contribution in [1.29, 1.82) is 0 Å². The number of nitrogens with zero attached hydrogens (tertiary/aromatic N) is 3. The number of thioether (sulfide) groups is 1. The molecule has 18 heteroatoms. The van der Waals surface area contributed by atoms with Gasteiger partial charge < -0.3 is 30.5 Å². The van der Waals surface area contributed by atoms with E-state index in [1.54, 1.807) is 20.8 Å². The number of nitrogens with one attached hydrogen (secondary N) is 2. The minimum Gasteiger partial charge on any atom is -0.731 e. The van der Waals surface area contributed by atoms with E-state index >= 15 is 0 Å². The molecule has 2 rings (SSSR count). The van der Waals surface area contributed by atoms with Gasteiger partial charge in [-0.05, 0) is 20.8 Å². The molecule has 1 fully saturated rings. The van der Waals surface area contributed by atoms with Gasteiger partial charge in [-0.15, -0.1) is 0 Å². The van der Waals surface area contributed by atoms with Gasteiger partial charge in [0.2, 0.25) is 0 Å². The standard InChI is InChI=1S/C17H26N6O8S3.K/c1-17(2,3)31-16(26)19-5-6-32-8-9-11(14(25)23(9)34(27,28)29)21-13(24)12(22-30-4)10-7-20-15(18)33-10;/h7,9,11H,5-6,8H2,1-4H3,(H2,18,20)(H,19,26)(H,21,24)(H,27,28,29);/q;+1/p-1/b22-12-;. The predicted molar refractivity (Wildman–Crippen MR) is 124 cm³/mol. The fourth-order valence-electron chi connectivity index (χ4n) is 2.76. The topological polar surface area (TPSA) is 205 Å². The average molecular weight is 577 g/mol. The van der Waals surface area contributed by atoms with Crippen LogP contribution in [0.5, 0.6) is 0 Å². The molecule has 0 aliphatic carbocycles. The molecule has 14 nitrogen and oxygen atoms in total. The number of hydrogen-bond acceptors (Lipinski definition) is 13. The van der Waals surface area contributed by atoms with E-state index in [4.69, 9.17) is 10.5 Å². The third kappa shape index (κ3) is 9.43. The molecule has 190 valence electrons. The fraction of sp³-hybridized carbons (Fsp3) is 0.588. The molecule has 1 aromatic heterocycles. The molecule has 35 heavy (non-hydrogen) atoms. The molecule has 2 atom stereocenters.